The third-order valence-corrected chi connectivity index (χ3v) is 9.10. The molecule has 7 nitrogen and oxygen atoms in total. The summed E-state index contributed by atoms with van der Waals surface area (Å²) in [5.41, 5.74) is 1.01. The SMILES string of the molecule is Cc1ccc(S(=O)(=O)N2CCC[C@H](C(=O)NCc3ccnc(N4CCCC4)c3)C2)s1. The number of nitrogens with one attached hydrogen (secondary N) is 1. The van der Waals surface area contributed by atoms with Crippen molar-refractivity contribution >= 4 is 33.1 Å². The number of aromatic nitrogens is 1. The number of thiophene rings is 1. The van der Waals surface area contributed by atoms with Crippen molar-refractivity contribution in [3.05, 3.63) is 40.9 Å². The second kappa shape index (κ2) is 9.03. The third kappa shape index (κ3) is 4.68. The average Bonchev–Trinajstić information content (AvgIpc) is 3.45. The number of piperidine rings is 1. The zero-order valence-corrected chi connectivity index (χ0v) is 18.8. The van der Waals surface area contributed by atoms with Gasteiger partial charge in [0.2, 0.25) is 5.91 Å². The summed E-state index contributed by atoms with van der Waals surface area (Å²) >= 11 is 1.28. The van der Waals surface area contributed by atoms with Crippen LogP contribution in [0.2, 0.25) is 0 Å². The quantitative estimate of drug-likeness (QED) is 0.735. The van der Waals surface area contributed by atoms with Crippen LogP contribution in [0, 0.1) is 12.8 Å². The van der Waals surface area contributed by atoms with E-state index in [0.717, 1.165) is 29.3 Å². The highest BCUT2D eigenvalue weighted by atomic mass is 32.2. The maximum Gasteiger partial charge on any atom is 0.252 e. The van der Waals surface area contributed by atoms with Gasteiger partial charge in [0, 0.05) is 43.8 Å². The van der Waals surface area contributed by atoms with Crippen molar-refractivity contribution in [3.8, 4) is 0 Å². The molecule has 2 saturated heterocycles. The first-order valence-corrected chi connectivity index (χ1v) is 12.7. The molecule has 1 N–H and O–H groups in total. The summed E-state index contributed by atoms with van der Waals surface area (Å²) in [7, 11) is -3.53. The molecule has 2 aliphatic rings. The molecule has 1 atom stereocenters. The number of rotatable bonds is 6. The standard InChI is InChI=1S/C21H28N4O3S2/c1-16-6-7-20(29-16)30(27,28)25-12-4-5-18(15-25)21(26)23-14-17-8-9-22-19(13-17)24-10-2-3-11-24/h6-9,13,18H,2-5,10-12,14-15H2,1H3,(H,23,26)/t18-/m0/s1. The zero-order chi connectivity index (χ0) is 21.1. The van der Waals surface area contributed by atoms with Gasteiger partial charge in [-0.3, -0.25) is 4.79 Å². The number of sulfonamides is 1. The van der Waals surface area contributed by atoms with Crippen LogP contribution in [0.25, 0.3) is 0 Å². The van der Waals surface area contributed by atoms with Crippen LogP contribution in [0.1, 0.15) is 36.1 Å². The van der Waals surface area contributed by atoms with Crippen molar-refractivity contribution in [2.75, 3.05) is 31.1 Å². The van der Waals surface area contributed by atoms with Crippen LogP contribution in [0.3, 0.4) is 0 Å². The van der Waals surface area contributed by atoms with Crippen LogP contribution >= 0.6 is 11.3 Å². The highest BCUT2D eigenvalue weighted by molar-refractivity contribution is 7.91. The van der Waals surface area contributed by atoms with Gasteiger partial charge in [-0.1, -0.05) is 0 Å². The largest absolute Gasteiger partial charge is 0.357 e. The molecular formula is C21H28N4O3S2. The smallest absolute Gasteiger partial charge is 0.252 e. The highest BCUT2D eigenvalue weighted by Crippen LogP contribution is 2.28. The van der Waals surface area contributed by atoms with Gasteiger partial charge < -0.3 is 10.2 Å². The predicted molar refractivity (Wildman–Crippen MR) is 118 cm³/mol. The number of carbonyl (C=O) groups excluding carboxylic acids is 1. The van der Waals surface area contributed by atoms with Gasteiger partial charge in [-0.15, -0.1) is 11.3 Å². The maximum absolute atomic E-state index is 12.9. The summed E-state index contributed by atoms with van der Waals surface area (Å²) in [4.78, 5) is 20.4. The summed E-state index contributed by atoms with van der Waals surface area (Å²) in [5.74, 6) is 0.548. The Morgan fingerprint density at radius 2 is 2.00 bits per heavy atom. The number of anilines is 1. The van der Waals surface area contributed by atoms with Gasteiger partial charge in [-0.2, -0.15) is 4.31 Å². The van der Waals surface area contributed by atoms with Gasteiger partial charge in [-0.25, -0.2) is 13.4 Å². The zero-order valence-electron chi connectivity index (χ0n) is 17.2. The minimum absolute atomic E-state index is 0.0863. The summed E-state index contributed by atoms with van der Waals surface area (Å²) in [6.45, 7) is 5.07. The molecule has 30 heavy (non-hydrogen) atoms. The fraction of sp³-hybridized carbons (Fsp3) is 0.524. The van der Waals surface area contributed by atoms with Crippen LogP contribution in [-0.4, -0.2) is 49.8 Å². The molecule has 0 spiro atoms. The van der Waals surface area contributed by atoms with E-state index in [2.05, 4.69) is 15.2 Å². The molecule has 0 bridgehead atoms. The van der Waals surface area contributed by atoms with Crippen molar-refractivity contribution in [1.29, 1.82) is 0 Å². The Kier molecular flexibility index (Phi) is 6.40. The summed E-state index contributed by atoms with van der Waals surface area (Å²) in [6.07, 6.45) is 5.56. The molecule has 2 aromatic rings. The predicted octanol–water partition coefficient (Wildman–Crippen LogP) is 2.77. The van der Waals surface area contributed by atoms with Crippen LogP contribution in [0.15, 0.2) is 34.7 Å². The lowest BCUT2D eigenvalue weighted by molar-refractivity contribution is -0.126. The number of hydrogen-bond donors (Lipinski definition) is 1. The molecular weight excluding hydrogens is 420 g/mol. The van der Waals surface area contributed by atoms with Crippen molar-refractivity contribution in [2.24, 2.45) is 5.92 Å². The molecule has 2 aromatic heterocycles. The van der Waals surface area contributed by atoms with Gasteiger partial charge in [0.15, 0.2) is 0 Å². The van der Waals surface area contributed by atoms with Crippen molar-refractivity contribution < 1.29 is 13.2 Å². The topological polar surface area (TPSA) is 82.6 Å². The number of carbonyl (C=O) groups is 1. The Morgan fingerprint density at radius 3 is 2.73 bits per heavy atom. The van der Waals surface area contributed by atoms with E-state index in [-0.39, 0.29) is 18.4 Å². The van der Waals surface area contributed by atoms with Crippen molar-refractivity contribution in [3.63, 3.8) is 0 Å². The van der Waals surface area contributed by atoms with Gasteiger partial charge in [0.1, 0.15) is 10.0 Å². The lowest BCUT2D eigenvalue weighted by Crippen LogP contribution is -2.45. The molecule has 0 aliphatic carbocycles. The molecule has 9 heteroatoms. The maximum atomic E-state index is 12.9. The molecule has 0 unspecified atom stereocenters. The average molecular weight is 449 g/mol. The van der Waals surface area contributed by atoms with E-state index in [0.29, 0.717) is 30.1 Å². The summed E-state index contributed by atoms with van der Waals surface area (Å²) in [5, 5.41) is 3.00. The Bertz CT molecular complexity index is 999. The van der Waals surface area contributed by atoms with Gasteiger partial charge in [0.05, 0.1) is 5.92 Å². The summed E-state index contributed by atoms with van der Waals surface area (Å²) in [6, 6.07) is 7.41. The van der Waals surface area contributed by atoms with E-state index >= 15 is 0 Å². The second-order valence-corrected chi connectivity index (χ2v) is 11.5. The fourth-order valence-corrected chi connectivity index (χ4v) is 7.04. The monoisotopic (exact) mass is 448 g/mol. The van der Waals surface area contributed by atoms with E-state index in [4.69, 9.17) is 0 Å². The molecule has 0 saturated carbocycles. The van der Waals surface area contributed by atoms with Crippen LogP contribution in [0.4, 0.5) is 5.82 Å². The van der Waals surface area contributed by atoms with Crippen LogP contribution in [-0.2, 0) is 21.4 Å². The minimum Gasteiger partial charge on any atom is -0.357 e. The molecule has 4 rings (SSSR count). The fourth-order valence-electron chi connectivity index (χ4n) is 4.08. The Morgan fingerprint density at radius 1 is 1.20 bits per heavy atom. The minimum atomic E-state index is -3.53. The van der Waals surface area contributed by atoms with Crippen molar-refractivity contribution in [1.82, 2.24) is 14.6 Å². The first kappa shape index (κ1) is 21.3. The second-order valence-electron chi connectivity index (χ2n) is 8.00. The molecule has 0 radical (unpaired) electrons. The van der Waals surface area contributed by atoms with Gasteiger partial charge in [-0.05, 0) is 62.4 Å². The first-order valence-electron chi connectivity index (χ1n) is 10.5. The Balaban J connectivity index is 1.36. The van der Waals surface area contributed by atoms with E-state index in [1.54, 1.807) is 12.3 Å². The third-order valence-electron chi connectivity index (χ3n) is 5.77. The van der Waals surface area contributed by atoms with E-state index in [1.807, 2.05) is 25.1 Å². The summed E-state index contributed by atoms with van der Waals surface area (Å²) < 4.78 is 27.6. The molecule has 1 amide bonds. The van der Waals surface area contributed by atoms with Gasteiger partial charge >= 0.3 is 0 Å². The number of pyridine rings is 1. The highest BCUT2D eigenvalue weighted by Gasteiger charge is 2.33. The van der Waals surface area contributed by atoms with E-state index in [1.165, 1.54) is 28.5 Å². The number of hydrogen-bond acceptors (Lipinski definition) is 6. The first-order chi connectivity index (χ1) is 14.4. The molecule has 0 aromatic carbocycles. The van der Waals surface area contributed by atoms with E-state index in [9.17, 15) is 13.2 Å². The van der Waals surface area contributed by atoms with E-state index < -0.39 is 10.0 Å². The lowest BCUT2D eigenvalue weighted by Gasteiger charge is -2.30. The van der Waals surface area contributed by atoms with Crippen LogP contribution in [0.5, 0.6) is 0 Å². The Hall–Kier alpha value is -1.97. The normalized spacial score (nSPS) is 20.4. The number of aryl methyl sites for hydroxylation is 1. The van der Waals surface area contributed by atoms with Crippen LogP contribution < -0.4 is 10.2 Å². The van der Waals surface area contributed by atoms with Crippen molar-refractivity contribution in [2.45, 2.75) is 43.4 Å². The molecule has 2 fully saturated rings. The molecule has 162 valence electrons. The molecule has 2 aliphatic heterocycles. The number of nitrogens with zero attached hydrogens (tertiary/aromatic N) is 3. The number of amides is 1. The Labute approximate surface area is 182 Å². The molecule has 4 heterocycles. The van der Waals surface area contributed by atoms with Gasteiger partial charge in [0.25, 0.3) is 10.0 Å². The lowest BCUT2D eigenvalue weighted by atomic mass is 9.99.